The molecule has 0 fully saturated rings. The Morgan fingerprint density at radius 2 is 2.21 bits per heavy atom. The fourth-order valence-electron chi connectivity index (χ4n) is 2.58. The van der Waals surface area contributed by atoms with Crippen LogP contribution in [0.25, 0.3) is 0 Å². The summed E-state index contributed by atoms with van der Waals surface area (Å²) in [5.41, 5.74) is 5.74. The largest absolute Gasteiger partial charge is 0.454 e. The predicted molar refractivity (Wildman–Crippen MR) is 88.1 cm³/mol. The van der Waals surface area contributed by atoms with Crippen LogP contribution in [0.1, 0.15) is 29.4 Å². The molecule has 2 aromatic rings. The topological polar surface area (TPSA) is 89.6 Å². The van der Waals surface area contributed by atoms with Crippen molar-refractivity contribution in [2.75, 3.05) is 11.9 Å². The maximum absolute atomic E-state index is 14.3. The first kappa shape index (κ1) is 15.9. The molecule has 3 rings (SSSR count). The maximum atomic E-state index is 14.3. The Balaban J connectivity index is 1.87. The molecule has 1 aromatic heterocycles. The van der Waals surface area contributed by atoms with Gasteiger partial charge in [0, 0.05) is 30.4 Å². The Kier molecular flexibility index (Phi) is 4.16. The summed E-state index contributed by atoms with van der Waals surface area (Å²) < 4.78 is 19.8. The SMILES string of the molecule is C[C@@]1(c2cc(NC(=O)c3ccccn3)ccc2F)CCN=C(N)O1. The number of halogens is 1. The zero-order chi connectivity index (χ0) is 17.2. The number of rotatable bonds is 3. The normalized spacial score (nSPS) is 20.0. The van der Waals surface area contributed by atoms with E-state index in [1.54, 1.807) is 31.2 Å². The molecule has 7 heteroatoms. The van der Waals surface area contributed by atoms with Gasteiger partial charge in [0.15, 0.2) is 0 Å². The molecule has 1 aliphatic heterocycles. The number of nitrogens with two attached hydrogens (primary N) is 1. The van der Waals surface area contributed by atoms with E-state index in [1.165, 1.54) is 18.3 Å². The minimum absolute atomic E-state index is 0.0334. The van der Waals surface area contributed by atoms with Crippen molar-refractivity contribution in [3.8, 4) is 0 Å². The third-order valence-corrected chi connectivity index (χ3v) is 3.88. The van der Waals surface area contributed by atoms with Gasteiger partial charge in [0.2, 0.25) is 0 Å². The number of pyridine rings is 1. The van der Waals surface area contributed by atoms with Crippen molar-refractivity contribution in [3.05, 3.63) is 59.7 Å². The van der Waals surface area contributed by atoms with E-state index in [0.717, 1.165) is 0 Å². The van der Waals surface area contributed by atoms with Crippen LogP contribution in [0.2, 0.25) is 0 Å². The summed E-state index contributed by atoms with van der Waals surface area (Å²) >= 11 is 0. The molecule has 1 aliphatic rings. The van der Waals surface area contributed by atoms with E-state index >= 15 is 0 Å². The molecule has 0 aliphatic carbocycles. The van der Waals surface area contributed by atoms with Crippen LogP contribution in [-0.2, 0) is 10.3 Å². The first-order valence-corrected chi connectivity index (χ1v) is 7.49. The molecule has 124 valence electrons. The number of ether oxygens (including phenoxy) is 1. The van der Waals surface area contributed by atoms with Crippen molar-refractivity contribution in [2.24, 2.45) is 10.7 Å². The van der Waals surface area contributed by atoms with Gasteiger partial charge in [-0.2, -0.15) is 0 Å². The van der Waals surface area contributed by atoms with Crippen LogP contribution in [0.5, 0.6) is 0 Å². The fraction of sp³-hybridized carbons (Fsp3) is 0.235. The number of anilines is 1. The lowest BCUT2D eigenvalue weighted by Crippen LogP contribution is -2.38. The van der Waals surface area contributed by atoms with Crippen molar-refractivity contribution < 1.29 is 13.9 Å². The zero-order valence-corrected chi connectivity index (χ0v) is 13.1. The van der Waals surface area contributed by atoms with Crippen molar-refractivity contribution in [2.45, 2.75) is 18.9 Å². The monoisotopic (exact) mass is 328 g/mol. The molecule has 2 heterocycles. The van der Waals surface area contributed by atoms with Crippen molar-refractivity contribution in [1.29, 1.82) is 0 Å². The third-order valence-electron chi connectivity index (χ3n) is 3.88. The van der Waals surface area contributed by atoms with Gasteiger partial charge in [-0.3, -0.25) is 9.78 Å². The average molecular weight is 328 g/mol. The Bertz CT molecular complexity index is 794. The van der Waals surface area contributed by atoms with Crippen LogP contribution in [0.3, 0.4) is 0 Å². The number of amidine groups is 1. The van der Waals surface area contributed by atoms with Crippen molar-refractivity contribution in [3.63, 3.8) is 0 Å². The highest BCUT2D eigenvalue weighted by molar-refractivity contribution is 6.02. The summed E-state index contributed by atoms with van der Waals surface area (Å²) in [6.45, 7) is 2.20. The first-order valence-electron chi connectivity index (χ1n) is 7.49. The second kappa shape index (κ2) is 6.27. The van der Waals surface area contributed by atoms with E-state index in [0.29, 0.717) is 24.2 Å². The summed E-state index contributed by atoms with van der Waals surface area (Å²) in [6, 6.07) is 9.41. The molecule has 0 saturated heterocycles. The molecule has 0 bridgehead atoms. The summed E-state index contributed by atoms with van der Waals surface area (Å²) in [5, 5.41) is 2.71. The van der Waals surface area contributed by atoms with Crippen LogP contribution in [0.15, 0.2) is 47.6 Å². The highest BCUT2D eigenvalue weighted by atomic mass is 19.1. The number of hydrogen-bond acceptors (Lipinski definition) is 5. The fourth-order valence-corrected chi connectivity index (χ4v) is 2.58. The molecule has 3 N–H and O–H groups in total. The lowest BCUT2D eigenvalue weighted by Gasteiger charge is -2.33. The average Bonchev–Trinajstić information content (AvgIpc) is 2.57. The molecule has 24 heavy (non-hydrogen) atoms. The van der Waals surface area contributed by atoms with Gasteiger partial charge in [0.25, 0.3) is 11.9 Å². The number of nitrogens with one attached hydrogen (secondary N) is 1. The summed E-state index contributed by atoms with van der Waals surface area (Å²) in [6.07, 6.45) is 2.02. The van der Waals surface area contributed by atoms with Gasteiger partial charge >= 0.3 is 0 Å². The van der Waals surface area contributed by atoms with Crippen LogP contribution in [0, 0.1) is 5.82 Å². The molecule has 6 nitrogen and oxygen atoms in total. The number of hydrogen-bond donors (Lipinski definition) is 2. The third kappa shape index (κ3) is 3.19. The lowest BCUT2D eigenvalue weighted by atomic mass is 9.90. The highest BCUT2D eigenvalue weighted by Crippen LogP contribution is 2.34. The van der Waals surface area contributed by atoms with Gasteiger partial charge in [-0.05, 0) is 37.3 Å². The molecule has 0 radical (unpaired) electrons. The molecule has 1 atom stereocenters. The molecular formula is C17H17FN4O2. The molecule has 1 aromatic carbocycles. The molecule has 0 saturated carbocycles. The summed E-state index contributed by atoms with van der Waals surface area (Å²) in [7, 11) is 0. The highest BCUT2D eigenvalue weighted by Gasteiger charge is 2.35. The van der Waals surface area contributed by atoms with E-state index in [2.05, 4.69) is 15.3 Å². The van der Waals surface area contributed by atoms with E-state index in [9.17, 15) is 9.18 Å². The predicted octanol–water partition coefficient (Wildman–Crippen LogP) is 2.42. The number of carbonyl (C=O) groups is 1. The Labute approximate surface area is 138 Å². The van der Waals surface area contributed by atoms with Crippen molar-refractivity contribution in [1.82, 2.24) is 4.98 Å². The van der Waals surface area contributed by atoms with Gasteiger partial charge in [-0.15, -0.1) is 0 Å². The number of amides is 1. The number of aliphatic imine (C=N–C) groups is 1. The molecule has 0 unspecified atom stereocenters. The van der Waals surface area contributed by atoms with E-state index in [4.69, 9.17) is 10.5 Å². The van der Waals surface area contributed by atoms with Gasteiger partial charge in [-0.25, -0.2) is 9.38 Å². The van der Waals surface area contributed by atoms with E-state index in [1.807, 2.05) is 0 Å². The molecule has 0 spiro atoms. The Morgan fingerprint density at radius 1 is 1.38 bits per heavy atom. The van der Waals surface area contributed by atoms with Crippen LogP contribution < -0.4 is 11.1 Å². The van der Waals surface area contributed by atoms with Crippen LogP contribution in [0.4, 0.5) is 10.1 Å². The van der Waals surface area contributed by atoms with Crippen LogP contribution in [-0.4, -0.2) is 23.5 Å². The zero-order valence-electron chi connectivity index (χ0n) is 13.1. The number of benzene rings is 1. The standard InChI is InChI=1S/C17H17FN4O2/c1-17(7-9-21-16(19)24-17)12-10-11(5-6-13(12)18)22-15(23)14-4-2-3-8-20-14/h2-6,8,10H,7,9H2,1H3,(H2,19,21)(H,22,23)/t17-/m0/s1. The first-order chi connectivity index (χ1) is 11.5. The Hall–Kier alpha value is -2.96. The lowest BCUT2D eigenvalue weighted by molar-refractivity contribution is 0.0482. The van der Waals surface area contributed by atoms with E-state index < -0.39 is 11.4 Å². The minimum Gasteiger partial charge on any atom is -0.454 e. The molecule has 1 amide bonds. The minimum atomic E-state index is -0.929. The second-order valence-electron chi connectivity index (χ2n) is 5.67. The van der Waals surface area contributed by atoms with Gasteiger partial charge in [-0.1, -0.05) is 6.07 Å². The van der Waals surface area contributed by atoms with Gasteiger partial charge in [0.05, 0.1) is 0 Å². The summed E-state index contributed by atoms with van der Waals surface area (Å²) in [4.78, 5) is 20.1. The number of nitrogens with zero attached hydrogens (tertiary/aromatic N) is 2. The Morgan fingerprint density at radius 3 is 2.92 bits per heavy atom. The second-order valence-corrected chi connectivity index (χ2v) is 5.67. The smallest absolute Gasteiger partial charge is 0.282 e. The number of carbonyl (C=O) groups excluding carboxylic acids is 1. The van der Waals surface area contributed by atoms with Gasteiger partial charge < -0.3 is 15.8 Å². The van der Waals surface area contributed by atoms with Gasteiger partial charge in [0.1, 0.15) is 17.1 Å². The molecular weight excluding hydrogens is 311 g/mol. The van der Waals surface area contributed by atoms with Crippen molar-refractivity contribution >= 4 is 17.6 Å². The van der Waals surface area contributed by atoms with E-state index in [-0.39, 0.29) is 17.6 Å². The number of aromatic nitrogens is 1. The van der Waals surface area contributed by atoms with Crippen LogP contribution >= 0.6 is 0 Å². The maximum Gasteiger partial charge on any atom is 0.282 e. The quantitative estimate of drug-likeness (QED) is 0.905. The summed E-state index contributed by atoms with van der Waals surface area (Å²) in [5.74, 6) is -0.799.